The number of halogens is 4. The highest BCUT2D eigenvalue weighted by atomic mass is 35.5. The largest absolute Gasteiger partial charge is 0.471 e. The Morgan fingerprint density at radius 3 is 2.74 bits per heavy atom. The monoisotopic (exact) mass is 340 g/mol. The topological polar surface area (TPSA) is 61.0 Å². The molecule has 0 unspecified atom stereocenters. The molecule has 0 saturated heterocycles. The van der Waals surface area contributed by atoms with Gasteiger partial charge in [0.2, 0.25) is 5.82 Å². The molecule has 0 N–H and O–H groups in total. The molecule has 0 spiro atoms. The molecule has 117 valence electrons. The minimum atomic E-state index is -4.70. The molecule has 0 atom stereocenters. The summed E-state index contributed by atoms with van der Waals surface area (Å²) >= 11 is 5.74. The van der Waals surface area contributed by atoms with Gasteiger partial charge in [0.05, 0.1) is 0 Å². The molecule has 0 saturated carbocycles. The van der Waals surface area contributed by atoms with E-state index in [-0.39, 0.29) is 22.3 Å². The number of rotatable bonds is 3. The highest BCUT2D eigenvalue weighted by molar-refractivity contribution is 6.29. The molecule has 0 aliphatic rings. The maximum atomic E-state index is 12.5. The second-order valence-corrected chi connectivity index (χ2v) is 4.67. The minimum Gasteiger partial charge on any atom is -0.457 e. The Morgan fingerprint density at radius 1 is 1.22 bits per heavy atom. The lowest BCUT2D eigenvalue weighted by Gasteiger charge is -2.05. The number of benzene rings is 1. The van der Waals surface area contributed by atoms with Crippen molar-refractivity contribution in [1.82, 2.24) is 15.1 Å². The number of hydrogen-bond donors (Lipinski definition) is 0. The quantitative estimate of drug-likeness (QED) is 0.661. The molecule has 5 nitrogen and oxygen atoms in total. The third-order valence-corrected chi connectivity index (χ3v) is 2.83. The second kappa shape index (κ2) is 5.88. The molecule has 0 aliphatic carbocycles. The van der Waals surface area contributed by atoms with E-state index in [4.69, 9.17) is 16.3 Å². The summed E-state index contributed by atoms with van der Waals surface area (Å²) in [4.78, 5) is 7.12. The maximum Gasteiger partial charge on any atom is 0.471 e. The summed E-state index contributed by atoms with van der Waals surface area (Å²) < 4.78 is 47.1. The Labute approximate surface area is 132 Å². The average molecular weight is 341 g/mol. The fourth-order valence-corrected chi connectivity index (χ4v) is 1.84. The van der Waals surface area contributed by atoms with Crippen LogP contribution < -0.4 is 4.74 Å². The first-order valence-electron chi connectivity index (χ1n) is 6.14. The summed E-state index contributed by atoms with van der Waals surface area (Å²) in [6.45, 7) is 0. The Balaban J connectivity index is 1.86. The van der Waals surface area contributed by atoms with Crippen LogP contribution in [0.15, 0.2) is 41.1 Å². The van der Waals surface area contributed by atoms with Crippen LogP contribution in [0, 0.1) is 6.07 Å². The first-order chi connectivity index (χ1) is 10.9. The molecule has 9 heteroatoms. The van der Waals surface area contributed by atoms with Crippen LogP contribution in [0.3, 0.4) is 0 Å². The predicted molar refractivity (Wildman–Crippen MR) is 72.9 cm³/mol. The highest BCUT2D eigenvalue weighted by Gasteiger charge is 2.38. The smallest absolute Gasteiger partial charge is 0.457 e. The lowest BCUT2D eigenvalue weighted by atomic mass is 10.2. The van der Waals surface area contributed by atoms with Crippen LogP contribution in [0.2, 0.25) is 5.15 Å². The fourth-order valence-electron chi connectivity index (χ4n) is 1.67. The van der Waals surface area contributed by atoms with E-state index in [1.165, 1.54) is 30.5 Å². The molecular weight excluding hydrogens is 335 g/mol. The second-order valence-electron chi connectivity index (χ2n) is 4.28. The molecule has 23 heavy (non-hydrogen) atoms. The van der Waals surface area contributed by atoms with Crippen molar-refractivity contribution in [3.05, 3.63) is 53.6 Å². The van der Waals surface area contributed by atoms with Gasteiger partial charge >= 0.3 is 12.1 Å². The van der Waals surface area contributed by atoms with Gasteiger partial charge in [-0.15, -0.1) is 0 Å². The third-order valence-electron chi connectivity index (χ3n) is 2.63. The van der Waals surface area contributed by atoms with Crippen molar-refractivity contribution >= 4 is 11.6 Å². The van der Waals surface area contributed by atoms with E-state index in [0.29, 0.717) is 5.75 Å². The van der Waals surface area contributed by atoms with Crippen molar-refractivity contribution < 1.29 is 22.4 Å². The van der Waals surface area contributed by atoms with E-state index in [2.05, 4.69) is 25.7 Å². The summed E-state index contributed by atoms with van der Waals surface area (Å²) in [5.74, 6) is -0.960. The lowest BCUT2D eigenvalue weighted by Crippen LogP contribution is -2.04. The number of nitrogens with zero attached hydrogens (tertiary/aromatic N) is 3. The zero-order valence-corrected chi connectivity index (χ0v) is 11.9. The number of hydrogen-bond acceptors (Lipinski definition) is 5. The van der Waals surface area contributed by atoms with E-state index in [1.54, 1.807) is 6.07 Å². The van der Waals surface area contributed by atoms with E-state index in [1.807, 2.05) is 0 Å². The average Bonchev–Trinajstić information content (AvgIpc) is 2.97. The minimum absolute atomic E-state index is 0.205. The Kier molecular flexibility index (Phi) is 3.91. The van der Waals surface area contributed by atoms with Gasteiger partial charge in [-0.2, -0.15) is 18.2 Å². The Morgan fingerprint density at radius 2 is 2.04 bits per heavy atom. The van der Waals surface area contributed by atoms with Crippen molar-refractivity contribution in [2.24, 2.45) is 0 Å². The van der Waals surface area contributed by atoms with Crippen molar-refractivity contribution in [3.8, 4) is 22.9 Å². The molecule has 0 fully saturated rings. The zero-order valence-electron chi connectivity index (χ0n) is 11.1. The normalized spacial score (nSPS) is 11.5. The van der Waals surface area contributed by atoms with Crippen molar-refractivity contribution in [1.29, 1.82) is 0 Å². The van der Waals surface area contributed by atoms with Gasteiger partial charge in [0, 0.05) is 23.9 Å². The van der Waals surface area contributed by atoms with Crippen molar-refractivity contribution in [2.45, 2.75) is 6.18 Å². The summed E-state index contributed by atoms with van der Waals surface area (Å²) in [6.07, 6.45) is -3.24. The van der Waals surface area contributed by atoms with Crippen molar-refractivity contribution in [3.63, 3.8) is 0 Å². The van der Waals surface area contributed by atoms with Crippen LogP contribution >= 0.6 is 11.6 Å². The Bertz CT molecular complexity index is 836. The third kappa shape index (κ3) is 3.59. The Hall–Kier alpha value is -2.61. The van der Waals surface area contributed by atoms with Gasteiger partial charge in [0.15, 0.2) is 0 Å². The van der Waals surface area contributed by atoms with Gasteiger partial charge in [-0.3, -0.25) is 0 Å². The highest BCUT2D eigenvalue weighted by Crippen LogP contribution is 2.31. The van der Waals surface area contributed by atoms with Crippen LogP contribution in [-0.4, -0.2) is 15.1 Å². The fraction of sp³-hybridized carbons (Fsp3) is 0.0714. The van der Waals surface area contributed by atoms with Gasteiger partial charge in [-0.25, -0.2) is 4.98 Å². The number of aromatic nitrogens is 3. The molecule has 0 amide bonds. The van der Waals surface area contributed by atoms with E-state index < -0.39 is 12.1 Å². The standard InChI is InChI=1S/C14H6ClF3N3O2/c15-11-7-10(4-5-19-11)22-9-3-1-2-8(6-9)12-20-13(23-21-12)14(16,17)18/h1-2,4-7H. The molecular formula is C14H6ClF3N3O2. The lowest BCUT2D eigenvalue weighted by molar-refractivity contribution is -0.159. The summed E-state index contributed by atoms with van der Waals surface area (Å²) in [7, 11) is 0. The van der Waals surface area contributed by atoms with Crippen LogP contribution in [0.4, 0.5) is 13.2 Å². The molecule has 1 aromatic carbocycles. The van der Waals surface area contributed by atoms with Gasteiger partial charge in [0.1, 0.15) is 16.7 Å². The van der Waals surface area contributed by atoms with Crippen LogP contribution in [-0.2, 0) is 6.18 Å². The van der Waals surface area contributed by atoms with Gasteiger partial charge in [0.25, 0.3) is 0 Å². The molecule has 0 aliphatic heterocycles. The van der Waals surface area contributed by atoms with Crippen LogP contribution in [0.1, 0.15) is 5.89 Å². The zero-order chi connectivity index (χ0) is 16.4. The van der Waals surface area contributed by atoms with E-state index in [9.17, 15) is 13.2 Å². The molecule has 3 rings (SSSR count). The maximum absolute atomic E-state index is 12.5. The molecule has 3 aromatic rings. The SMILES string of the molecule is FC(F)(F)c1nc(-c2cc[c]c(Oc3ccnc(Cl)c3)c2)no1. The molecule has 2 aromatic heterocycles. The summed E-state index contributed by atoms with van der Waals surface area (Å²) in [5.41, 5.74) is 0.290. The summed E-state index contributed by atoms with van der Waals surface area (Å²) in [6, 6.07) is 10.2. The van der Waals surface area contributed by atoms with Crippen LogP contribution in [0.5, 0.6) is 11.5 Å². The van der Waals surface area contributed by atoms with Crippen LogP contribution in [0.25, 0.3) is 11.4 Å². The molecule has 1 radical (unpaired) electrons. The van der Waals surface area contributed by atoms with Gasteiger partial charge in [-0.05, 0) is 18.2 Å². The van der Waals surface area contributed by atoms with Gasteiger partial charge < -0.3 is 9.26 Å². The number of ether oxygens (including phenoxy) is 1. The van der Waals surface area contributed by atoms with Gasteiger partial charge in [-0.1, -0.05) is 22.8 Å². The van der Waals surface area contributed by atoms with E-state index in [0.717, 1.165) is 0 Å². The number of pyridine rings is 1. The number of alkyl halides is 3. The van der Waals surface area contributed by atoms with Crippen molar-refractivity contribution in [2.75, 3.05) is 0 Å². The summed E-state index contributed by atoms with van der Waals surface area (Å²) in [5, 5.41) is 3.55. The molecule has 0 bridgehead atoms. The molecule has 2 heterocycles. The predicted octanol–water partition coefficient (Wildman–Crippen LogP) is 4.40. The first-order valence-corrected chi connectivity index (χ1v) is 6.52. The first kappa shape index (κ1) is 15.3. The van der Waals surface area contributed by atoms with E-state index >= 15 is 0 Å².